The number of nitrogens with zero attached hydrogens (tertiary/aromatic N) is 3. The molecule has 23 heavy (non-hydrogen) atoms. The quantitative estimate of drug-likeness (QED) is 0.784. The van der Waals surface area contributed by atoms with Crippen LogP contribution in [0.1, 0.15) is 28.8 Å². The van der Waals surface area contributed by atoms with Gasteiger partial charge in [-0.25, -0.2) is 4.98 Å². The summed E-state index contributed by atoms with van der Waals surface area (Å²) in [6.07, 6.45) is 0.747. The number of aromatic nitrogens is 3. The second-order valence-electron chi connectivity index (χ2n) is 5.53. The molecule has 0 fully saturated rings. The van der Waals surface area contributed by atoms with Crippen molar-refractivity contribution in [1.29, 1.82) is 0 Å². The minimum absolute atomic E-state index is 0.0996. The zero-order valence-electron chi connectivity index (χ0n) is 13.4. The topological polar surface area (TPSA) is 76.4 Å². The molecule has 2 heterocycles. The first-order valence-electron chi connectivity index (χ1n) is 7.26. The van der Waals surface area contributed by atoms with E-state index < -0.39 is 10.0 Å². The molecule has 0 spiro atoms. The molecule has 0 atom stereocenters. The molecule has 0 radical (unpaired) electrons. The van der Waals surface area contributed by atoms with E-state index in [1.165, 1.54) is 15.9 Å². The van der Waals surface area contributed by atoms with Crippen LogP contribution in [0.2, 0.25) is 0 Å². The lowest BCUT2D eigenvalue weighted by Crippen LogP contribution is -2.17. The van der Waals surface area contributed by atoms with E-state index in [2.05, 4.69) is 14.8 Å². The molecule has 2 aromatic heterocycles. The summed E-state index contributed by atoms with van der Waals surface area (Å²) in [6.45, 7) is 7.53. The highest BCUT2D eigenvalue weighted by molar-refractivity contribution is 7.92. The number of anilines is 1. The van der Waals surface area contributed by atoms with Gasteiger partial charge in [-0.3, -0.25) is 4.72 Å². The van der Waals surface area contributed by atoms with Crippen molar-refractivity contribution in [3.8, 4) is 0 Å². The van der Waals surface area contributed by atoms with Crippen LogP contribution in [0.4, 0.5) is 5.69 Å². The first-order valence-corrected chi connectivity index (χ1v) is 9.56. The van der Waals surface area contributed by atoms with Gasteiger partial charge >= 0.3 is 0 Å². The van der Waals surface area contributed by atoms with E-state index in [4.69, 9.17) is 0 Å². The zero-order chi connectivity index (χ0) is 16.8. The van der Waals surface area contributed by atoms with E-state index in [1.807, 2.05) is 26.8 Å². The molecule has 1 N–H and O–H groups in total. The second-order valence-corrected chi connectivity index (χ2v) is 8.17. The maximum atomic E-state index is 12.8. The Morgan fingerprint density at radius 2 is 1.83 bits per heavy atom. The van der Waals surface area contributed by atoms with Gasteiger partial charge in [0.15, 0.2) is 0 Å². The third kappa shape index (κ3) is 2.96. The van der Waals surface area contributed by atoms with E-state index in [0.717, 1.165) is 22.6 Å². The van der Waals surface area contributed by atoms with Crippen LogP contribution < -0.4 is 4.72 Å². The molecular formula is C15H18N4O2S2. The molecule has 0 aliphatic heterocycles. The predicted octanol–water partition coefficient (Wildman–Crippen LogP) is 3.08. The molecule has 3 aromatic rings. The van der Waals surface area contributed by atoms with Gasteiger partial charge in [-0.2, -0.15) is 18.0 Å². The van der Waals surface area contributed by atoms with Gasteiger partial charge in [-0.1, -0.05) is 24.3 Å². The van der Waals surface area contributed by atoms with E-state index in [9.17, 15) is 8.42 Å². The van der Waals surface area contributed by atoms with Gasteiger partial charge in [0.2, 0.25) is 9.99 Å². The van der Waals surface area contributed by atoms with Crippen LogP contribution in [0.25, 0.3) is 4.96 Å². The molecular weight excluding hydrogens is 332 g/mol. The van der Waals surface area contributed by atoms with E-state index in [0.29, 0.717) is 16.3 Å². The second kappa shape index (κ2) is 5.61. The van der Waals surface area contributed by atoms with Crippen LogP contribution in [0.5, 0.6) is 0 Å². The van der Waals surface area contributed by atoms with Gasteiger partial charge in [-0.05, 0) is 50.5 Å². The van der Waals surface area contributed by atoms with Crippen LogP contribution in [0, 0.1) is 20.8 Å². The summed E-state index contributed by atoms with van der Waals surface area (Å²) in [5.74, 6) is 0. The average Bonchev–Trinajstić information content (AvgIpc) is 2.91. The van der Waals surface area contributed by atoms with Crippen molar-refractivity contribution in [2.75, 3.05) is 4.72 Å². The molecule has 6 nitrogen and oxygen atoms in total. The first kappa shape index (κ1) is 15.9. The Bertz CT molecular complexity index is 966. The molecule has 0 bridgehead atoms. The molecule has 0 aliphatic rings. The number of hydrogen-bond donors (Lipinski definition) is 1. The van der Waals surface area contributed by atoms with Gasteiger partial charge < -0.3 is 0 Å². The summed E-state index contributed by atoms with van der Waals surface area (Å²) in [5.41, 5.74) is 2.99. The van der Waals surface area contributed by atoms with Gasteiger partial charge in [-0.15, -0.1) is 0 Å². The Kier molecular flexibility index (Phi) is 3.89. The number of fused-ring (bicyclic) bond motifs is 1. The van der Waals surface area contributed by atoms with Crippen molar-refractivity contribution in [3.05, 3.63) is 40.0 Å². The van der Waals surface area contributed by atoms with Gasteiger partial charge in [0.05, 0.1) is 5.69 Å². The van der Waals surface area contributed by atoms with Crippen LogP contribution in [0.3, 0.4) is 0 Å². The summed E-state index contributed by atoms with van der Waals surface area (Å²) >= 11 is 1.41. The Morgan fingerprint density at radius 3 is 2.43 bits per heavy atom. The number of nitrogens with one attached hydrogen (secondary N) is 1. The minimum Gasteiger partial charge on any atom is -0.278 e. The van der Waals surface area contributed by atoms with Gasteiger partial charge in [0.25, 0.3) is 10.0 Å². The number of hydrogen-bond acceptors (Lipinski definition) is 5. The van der Waals surface area contributed by atoms with Gasteiger partial charge in [0.1, 0.15) is 5.01 Å². The molecule has 3 rings (SSSR count). The highest BCUT2D eigenvalue weighted by Crippen LogP contribution is 2.25. The maximum Gasteiger partial charge on any atom is 0.281 e. The fourth-order valence-corrected chi connectivity index (χ4v) is 4.81. The zero-order valence-corrected chi connectivity index (χ0v) is 15.0. The van der Waals surface area contributed by atoms with Crippen LogP contribution in [-0.4, -0.2) is 23.0 Å². The molecule has 0 unspecified atom stereocenters. The molecule has 0 saturated heterocycles. The summed E-state index contributed by atoms with van der Waals surface area (Å²) < 4.78 is 29.7. The van der Waals surface area contributed by atoms with Crippen LogP contribution in [-0.2, 0) is 16.4 Å². The summed E-state index contributed by atoms with van der Waals surface area (Å²) in [7, 11) is -3.76. The Hall–Kier alpha value is -1.93. The highest BCUT2D eigenvalue weighted by atomic mass is 32.2. The SMILES string of the molecule is CCc1nn2c(S(=O)(=O)Nc3cc(C)cc(C)c3)c(C)nc2s1. The molecule has 1 aromatic carbocycles. The summed E-state index contributed by atoms with van der Waals surface area (Å²) in [5, 5.41) is 5.30. The lowest BCUT2D eigenvalue weighted by atomic mass is 10.1. The number of imidazole rings is 1. The normalized spacial score (nSPS) is 12.0. The van der Waals surface area contributed by atoms with E-state index >= 15 is 0 Å². The van der Waals surface area contributed by atoms with E-state index in [1.54, 1.807) is 19.1 Å². The number of rotatable bonds is 4. The van der Waals surface area contributed by atoms with Crippen molar-refractivity contribution in [3.63, 3.8) is 0 Å². The van der Waals surface area contributed by atoms with E-state index in [-0.39, 0.29) is 5.03 Å². The monoisotopic (exact) mass is 350 g/mol. The standard InChI is InChI=1S/C15H18N4O2S2/c1-5-13-17-19-14(11(4)16-15(19)22-13)23(20,21)18-12-7-9(2)6-10(3)8-12/h6-8,18H,5H2,1-4H3. The van der Waals surface area contributed by atoms with Crippen molar-refractivity contribution in [1.82, 2.24) is 14.6 Å². The van der Waals surface area contributed by atoms with Crippen LogP contribution >= 0.6 is 11.3 Å². The third-order valence-corrected chi connectivity index (χ3v) is 5.93. The van der Waals surface area contributed by atoms with Crippen molar-refractivity contribution < 1.29 is 8.42 Å². The lowest BCUT2D eigenvalue weighted by Gasteiger charge is -2.09. The third-order valence-electron chi connectivity index (χ3n) is 3.40. The lowest BCUT2D eigenvalue weighted by molar-refractivity contribution is 0.592. The number of aryl methyl sites for hydroxylation is 4. The molecule has 0 saturated carbocycles. The van der Waals surface area contributed by atoms with Crippen LogP contribution in [0.15, 0.2) is 23.2 Å². The maximum absolute atomic E-state index is 12.8. The largest absolute Gasteiger partial charge is 0.281 e. The smallest absolute Gasteiger partial charge is 0.278 e. The minimum atomic E-state index is -3.76. The Morgan fingerprint density at radius 1 is 1.17 bits per heavy atom. The van der Waals surface area contributed by atoms with Crippen molar-refractivity contribution >= 4 is 32.0 Å². The fraction of sp³-hybridized carbons (Fsp3) is 0.333. The summed E-state index contributed by atoms with van der Waals surface area (Å²) in [4.78, 5) is 4.92. The molecule has 122 valence electrons. The number of benzene rings is 1. The van der Waals surface area contributed by atoms with Crippen molar-refractivity contribution in [2.45, 2.75) is 39.1 Å². The summed E-state index contributed by atoms with van der Waals surface area (Å²) in [6, 6.07) is 5.60. The van der Waals surface area contributed by atoms with Crippen molar-refractivity contribution in [2.24, 2.45) is 0 Å². The molecule has 0 aliphatic carbocycles. The highest BCUT2D eigenvalue weighted by Gasteiger charge is 2.25. The molecule has 0 amide bonds. The Labute approximate surface area is 139 Å². The Balaban J connectivity index is 2.08. The predicted molar refractivity (Wildman–Crippen MR) is 91.7 cm³/mol. The average molecular weight is 350 g/mol. The molecule has 8 heteroatoms. The number of sulfonamides is 1. The fourth-order valence-electron chi connectivity index (χ4n) is 2.56. The van der Waals surface area contributed by atoms with Gasteiger partial charge in [0, 0.05) is 5.69 Å². The first-order chi connectivity index (χ1) is 10.8.